The zero-order chi connectivity index (χ0) is 23.6. The molecule has 0 atom stereocenters. The first-order valence-corrected chi connectivity index (χ1v) is 11.7. The van der Waals surface area contributed by atoms with Gasteiger partial charge in [0.05, 0.1) is 19.1 Å². The van der Waals surface area contributed by atoms with Crippen LogP contribution in [-0.4, -0.2) is 43.8 Å². The molecule has 0 saturated carbocycles. The summed E-state index contributed by atoms with van der Waals surface area (Å²) in [4.78, 5) is 13.8. The van der Waals surface area contributed by atoms with E-state index >= 15 is 0 Å². The van der Waals surface area contributed by atoms with Crippen LogP contribution in [0.4, 0.5) is 13.2 Å². The van der Waals surface area contributed by atoms with Gasteiger partial charge in [0.25, 0.3) is 0 Å². The van der Waals surface area contributed by atoms with E-state index in [1.54, 1.807) is 11.0 Å². The van der Waals surface area contributed by atoms with Gasteiger partial charge in [0.1, 0.15) is 0 Å². The van der Waals surface area contributed by atoms with Crippen molar-refractivity contribution in [3.63, 3.8) is 0 Å². The van der Waals surface area contributed by atoms with Gasteiger partial charge in [0, 0.05) is 24.1 Å². The molecule has 2 aromatic carbocycles. The van der Waals surface area contributed by atoms with Crippen molar-refractivity contribution in [1.82, 2.24) is 4.90 Å². The number of allylic oxidation sites excluding steroid dienone is 1. The maximum absolute atomic E-state index is 12.4. The van der Waals surface area contributed by atoms with Gasteiger partial charge in [-0.2, -0.15) is 13.2 Å². The Balaban J connectivity index is 1.50. The van der Waals surface area contributed by atoms with E-state index in [0.29, 0.717) is 18.7 Å². The molecule has 3 nitrogen and oxygen atoms in total. The molecule has 33 heavy (non-hydrogen) atoms. The fraction of sp³-hybridized carbons (Fsp3) is 0.346. The summed E-state index contributed by atoms with van der Waals surface area (Å²) < 4.78 is 43.1. The number of aryl methyl sites for hydroxylation is 1. The molecule has 7 heteroatoms. The predicted molar refractivity (Wildman–Crippen MR) is 127 cm³/mol. The minimum absolute atomic E-state index is 0.0546. The minimum atomic E-state index is -4.10. The lowest BCUT2D eigenvalue weighted by molar-refractivity contribution is -0.138. The maximum atomic E-state index is 12.4. The normalized spacial score (nSPS) is 16.7. The molecule has 1 aliphatic carbocycles. The highest BCUT2D eigenvalue weighted by molar-refractivity contribution is 9.11. The number of benzene rings is 2. The van der Waals surface area contributed by atoms with E-state index in [2.05, 4.69) is 34.1 Å². The van der Waals surface area contributed by atoms with Crippen LogP contribution < -0.4 is 0 Å². The lowest BCUT2D eigenvalue weighted by Crippen LogP contribution is -2.41. The first kappa shape index (κ1) is 23.8. The number of carbonyl (C=O) groups is 1. The van der Waals surface area contributed by atoms with Gasteiger partial charge in [-0.05, 0) is 64.8 Å². The number of nitrogens with zero attached hydrogens (tertiary/aromatic N) is 1. The van der Waals surface area contributed by atoms with Crippen LogP contribution in [0.1, 0.15) is 51.9 Å². The summed E-state index contributed by atoms with van der Waals surface area (Å²) in [6.07, 6.45) is -0.0278. The number of halogens is 4. The van der Waals surface area contributed by atoms with Crippen LogP contribution in [0.25, 0.3) is 11.6 Å². The van der Waals surface area contributed by atoms with Crippen molar-refractivity contribution in [3.8, 4) is 0 Å². The van der Waals surface area contributed by atoms with Crippen LogP contribution in [0.15, 0.2) is 52.5 Å². The zero-order valence-electron chi connectivity index (χ0n) is 18.3. The maximum Gasteiger partial charge on any atom is 0.390 e. The second-order valence-electron chi connectivity index (χ2n) is 8.50. The molecule has 0 N–H and O–H groups in total. The van der Waals surface area contributed by atoms with Crippen LogP contribution in [-0.2, 0) is 11.2 Å². The average Bonchev–Trinajstić information content (AvgIpc) is 2.92. The van der Waals surface area contributed by atoms with Crippen molar-refractivity contribution in [2.75, 3.05) is 26.7 Å². The number of alkyl halides is 3. The summed E-state index contributed by atoms with van der Waals surface area (Å²) in [7, 11) is 1.39. The number of hydrogen-bond donors (Lipinski definition) is 0. The highest BCUT2D eigenvalue weighted by atomic mass is 79.9. The third kappa shape index (κ3) is 5.76. The molecule has 4 rings (SSSR count). The Morgan fingerprint density at radius 3 is 2.52 bits per heavy atom. The summed E-state index contributed by atoms with van der Waals surface area (Å²) in [6, 6.07) is 14.0. The van der Waals surface area contributed by atoms with Gasteiger partial charge in [-0.25, -0.2) is 4.79 Å². The Hall–Kier alpha value is -2.38. The van der Waals surface area contributed by atoms with Gasteiger partial charge in [0.2, 0.25) is 0 Å². The Bertz CT molecular complexity index is 1100. The van der Waals surface area contributed by atoms with Crippen LogP contribution in [0, 0.1) is 0 Å². The minimum Gasteiger partial charge on any atom is -0.465 e. The standard InChI is InChI=1S/C26H25BrF3NO2/c1-33-25(32)21-9-10-22-20(14-21)3-2-4-23(27)24(22)19-7-5-17(6-8-19)13-18-15-31(16-18)12-11-26(28,29)30/h5-10,13-14H,2-4,11-12,15-16H2,1H3. The topological polar surface area (TPSA) is 29.5 Å². The zero-order valence-corrected chi connectivity index (χ0v) is 19.9. The van der Waals surface area contributed by atoms with E-state index in [4.69, 9.17) is 4.74 Å². The number of likely N-dealkylation sites (tertiary alicyclic amines) is 1. The number of ether oxygens (including phenoxy) is 1. The molecule has 2 aromatic rings. The van der Waals surface area contributed by atoms with Crippen LogP contribution >= 0.6 is 15.9 Å². The van der Waals surface area contributed by atoms with Gasteiger partial charge in [-0.15, -0.1) is 0 Å². The number of methoxy groups -OCH3 is 1. The van der Waals surface area contributed by atoms with Crippen LogP contribution in [0.5, 0.6) is 0 Å². The fourth-order valence-electron chi connectivity index (χ4n) is 4.35. The van der Waals surface area contributed by atoms with Crippen molar-refractivity contribution in [1.29, 1.82) is 0 Å². The summed E-state index contributed by atoms with van der Waals surface area (Å²) >= 11 is 3.78. The van der Waals surface area contributed by atoms with E-state index in [-0.39, 0.29) is 12.5 Å². The van der Waals surface area contributed by atoms with Crippen molar-refractivity contribution in [3.05, 3.63) is 80.3 Å². The van der Waals surface area contributed by atoms with Gasteiger partial charge in [-0.3, -0.25) is 4.90 Å². The summed E-state index contributed by atoms with van der Waals surface area (Å²) in [5, 5.41) is 0. The second-order valence-corrected chi connectivity index (χ2v) is 9.45. The largest absolute Gasteiger partial charge is 0.465 e. The SMILES string of the molecule is COC(=O)c1ccc2c(c1)CCCC(Br)=C2c1ccc(C=C2CN(CCC(F)(F)F)C2)cc1. The van der Waals surface area contributed by atoms with E-state index < -0.39 is 12.6 Å². The molecular formula is C26H25BrF3NO2. The summed E-state index contributed by atoms with van der Waals surface area (Å²) in [6.45, 7) is 1.23. The predicted octanol–water partition coefficient (Wildman–Crippen LogP) is 6.62. The third-order valence-electron chi connectivity index (χ3n) is 6.04. The van der Waals surface area contributed by atoms with E-state index in [0.717, 1.165) is 57.1 Å². The smallest absolute Gasteiger partial charge is 0.390 e. The Morgan fingerprint density at radius 1 is 1.12 bits per heavy atom. The molecule has 0 spiro atoms. The fourth-order valence-corrected chi connectivity index (χ4v) is 5.07. The highest BCUT2D eigenvalue weighted by Gasteiger charge is 2.30. The van der Waals surface area contributed by atoms with Gasteiger partial charge in [-0.1, -0.05) is 52.3 Å². The van der Waals surface area contributed by atoms with Gasteiger partial charge in [0.15, 0.2) is 0 Å². The van der Waals surface area contributed by atoms with E-state index in [1.807, 2.05) is 24.3 Å². The molecule has 1 fully saturated rings. The molecule has 0 bridgehead atoms. The molecule has 1 aliphatic heterocycles. The molecule has 174 valence electrons. The second kappa shape index (κ2) is 9.85. The van der Waals surface area contributed by atoms with Gasteiger partial charge >= 0.3 is 12.1 Å². The first-order valence-electron chi connectivity index (χ1n) is 10.9. The quantitative estimate of drug-likeness (QED) is 0.416. The molecule has 1 saturated heterocycles. The summed E-state index contributed by atoms with van der Waals surface area (Å²) in [5.41, 5.74) is 7.18. The Labute approximate surface area is 200 Å². The van der Waals surface area contributed by atoms with Crippen molar-refractivity contribution in [2.24, 2.45) is 0 Å². The molecule has 1 heterocycles. The van der Waals surface area contributed by atoms with Crippen molar-refractivity contribution >= 4 is 33.5 Å². The van der Waals surface area contributed by atoms with Crippen molar-refractivity contribution < 1.29 is 22.7 Å². The lowest BCUT2D eigenvalue weighted by Gasteiger charge is -2.34. The summed E-state index contributed by atoms with van der Waals surface area (Å²) in [5.74, 6) is -0.336. The molecule has 0 aromatic heterocycles. The van der Waals surface area contributed by atoms with E-state index in [9.17, 15) is 18.0 Å². The molecule has 0 amide bonds. The number of carbonyl (C=O) groups excluding carboxylic acids is 1. The van der Waals surface area contributed by atoms with Crippen LogP contribution in [0.3, 0.4) is 0 Å². The molecular weight excluding hydrogens is 495 g/mol. The number of hydrogen-bond acceptors (Lipinski definition) is 3. The highest BCUT2D eigenvalue weighted by Crippen LogP contribution is 2.38. The third-order valence-corrected chi connectivity index (χ3v) is 6.84. The lowest BCUT2D eigenvalue weighted by atomic mass is 9.92. The Morgan fingerprint density at radius 2 is 1.85 bits per heavy atom. The first-order chi connectivity index (χ1) is 15.7. The number of esters is 1. The molecule has 0 unspecified atom stereocenters. The monoisotopic (exact) mass is 519 g/mol. The number of fused-ring (bicyclic) bond motifs is 1. The van der Waals surface area contributed by atoms with Gasteiger partial charge < -0.3 is 4.74 Å². The van der Waals surface area contributed by atoms with E-state index in [1.165, 1.54) is 7.11 Å². The van der Waals surface area contributed by atoms with Crippen molar-refractivity contribution in [2.45, 2.75) is 31.9 Å². The number of rotatable bonds is 5. The molecule has 2 aliphatic rings. The Kier molecular flexibility index (Phi) is 7.10. The average molecular weight is 520 g/mol. The molecule has 0 radical (unpaired) electrons. The van der Waals surface area contributed by atoms with Crippen LogP contribution in [0.2, 0.25) is 0 Å².